The van der Waals surface area contributed by atoms with E-state index < -0.39 is 0 Å². The summed E-state index contributed by atoms with van der Waals surface area (Å²) in [7, 11) is 4.52. The topological polar surface area (TPSA) is 91.9 Å². The second-order valence-corrected chi connectivity index (χ2v) is 6.49. The zero-order valence-electron chi connectivity index (χ0n) is 16.8. The fraction of sp³-hybridized carbons (Fsp3) is 0.190. The van der Waals surface area contributed by atoms with Crippen molar-refractivity contribution in [1.29, 1.82) is 0 Å². The molecule has 0 aliphatic rings. The van der Waals surface area contributed by atoms with E-state index in [9.17, 15) is 4.79 Å². The van der Waals surface area contributed by atoms with Gasteiger partial charge in [0.05, 0.1) is 45.5 Å². The number of aromatic nitrogens is 4. The average molecular weight is 407 g/mol. The molecule has 0 spiro atoms. The number of nitrogens with one attached hydrogen (secondary N) is 1. The number of hydrogen-bond acceptors (Lipinski definition) is 6. The Balaban J connectivity index is 1.50. The number of hydrogen-bond donors (Lipinski definition) is 1. The first-order valence-corrected chi connectivity index (χ1v) is 9.17. The van der Waals surface area contributed by atoms with E-state index in [0.29, 0.717) is 35.0 Å². The summed E-state index contributed by atoms with van der Waals surface area (Å²) in [6, 6.07) is 9.02. The lowest BCUT2D eigenvalue weighted by Crippen LogP contribution is -2.12. The number of carbonyl (C=O) groups is 1. The summed E-state index contributed by atoms with van der Waals surface area (Å²) in [5.74, 6) is 0.924. The molecule has 3 heterocycles. The van der Waals surface area contributed by atoms with Crippen LogP contribution in [0.3, 0.4) is 0 Å². The van der Waals surface area contributed by atoms with Gasteiger partial charge in [0.25, 0.3) is 5.91 Å². The molecule has 0 atom stereocenters. The second kappa shape index (κ2) is 8.16. The summed E-state index contributed by atoms with van der Waals surface area (Å²) in [4.78, 5) is 17.3. The summed E-state index contributed by atoms with van der Waals surface area (Å²) >= 11 is 0. The van der Waals surface area contributed by atoms with Gasteiger partial charge in [-0.2, -0.15) is 5.10 Å². The molecule has 0 saturated carbocycles. The van der Waals surface area contributed by atoms with Gasteiger partial charge >= 0.3 is 0 Å². The van der Waals surface area contributed by atoms with Crippen LogP contribution in [0.4, 0.5) is 5.69 Å². The lowest BCUT2D eigenvalue weighted by atomic mass is 10.1. The van der Waals surface area contributed by atoms with Crippen LogP contribution in [-0.4, -0.2) is 46.4 Å². The first kappa shape index (κ1) is 19.3. The highest BCUT2D eigenvalue weighted by Crippen LogP contribution is 2.38. The summed E-state index contributed by atoms with van der Waals surface area (Å²) in [5.41, 5.74) is 2.68. The van der Waals surface area contributed by atoms with Crippen LogP contribution in [0.15, 0.2) is 55.1 Å². The molecule has 0 aliphatic carbocycles. The number of anilines is 1. The molecule has 3 aromatic heterocycles. The molecule has 4 aromatic rings. The van der Waals surface area contributed by atoms with Crippen molar-refractivity contribution >= 4 is 17.2 Å². The summed E-state index contributed by atoms with van der Waals surface area (Å²) < 4.78 is 19.6. The second-order valence-electron chi connectivity index (χ2n) is 6.49. The summed E-state index contributed by atoms with van der Waals surface area (Å²) in [5, 5.41) is 7.14. The van der Waals surface area contributed by atoms with E-state index in [1.165, 1.54) is 21.3 Å². The molecule has 30 heavy (non-hydrogen) atoms. The number of carbonyl (C=O) groups excluding carboxylic acids is 1. The molecule has 1 aromatic carbocycles. The van der Waals surface area contributed by atoms with E-state index in [0.717, 1.165) is 11.3 Å². The van der Waals surface area contributed by atoms with Gasteiger partial charge in [-0.05, 0) is 24.3 Å². The lowest BCUT2D eigenvalue weighted by molar-refractivity contribution is 0.102. The van der Waals surface area contributed by atoms with Crippen molar-refractivity contribution < 1.29 is 19.0 Å². The van der Waals surface area contributed by atoms with Crippen LogP contribution in [0.1, 0.15) is 16.1 Å². The van der Waals surface area contributed by atoms with E-state index in [1.807, 2.05) is 35.0 Å². The highest BCUT2D eigenvalue weighted by molar-refractivity contribution is 6.05. The Morgan fingerprint density at radius 2 is 1.83 bits per heavy atom. The first-order valence-electron chi connectivity index (χ1n) is 9.17. The minimum Gasteiger partial charge on any atom is -0.493 e. The minimum atomic E-state index is -0.318. The molecule has 9 heteroatoms. The maximum Gasteiger partial charge on any atom is 0.256 e. The zero-order valence-corrected chi connectivity index (χ0v) is 16.8. The van der Waals surface area contributed by atoms with E-state index in [2.05, 4.69) is 15.4 Å². The van der Waals surface area contributed by atoms with Gasteiger partial charge < -0.3 is 23.9 Å². The number of ether oxygens (including phenoxy) is 3. The Morgan fingerprint density at radius 3 is 2.50 bits per heavy atom. The monoisotopic (exact) mass is 407 g/mol. The maximum atomic E-state index is 12.7. The number of amides is 1. The lowest BCUT2D eigenvalue weighted by Gasteiger charge is -2.13. The van der Waals surface area contributed by atoms with Gasteiger partial charge in [0, 0.05) is 24.2 Å². The number of rotatable bonds is 7. The maximum absolute atomic E-state index is 12.7. The van der Waals surface area contributed by atoms with Crippen LogP contribution < -0.4 is 19.5 Å². The van der Waals surface area contributed by atoms with Crippen LogP contribution in [-0.2, 0) is 6.54 Å². The molecule has 0 aliphatic heterocycles. The predicted molar refractivity (Wildman–Crippen MR) is 111 cm³/mol. The van der Waals surface area contributed by atoms with Crippen LogP contribution >= 0.6 is 0 Å². The van der Waals surface area contributed by atoms with Crippen LogP contribution in [0.5, 0.6) is 17.2 Å². The van der Waals surface area contributed by atoms with Crippen LogP contribution in [0, 0.1) is 0 Å². The molecule has 1 N–H and O–H groups in total. The molecule has 0 fully saturated rings. The number of benzene rings is 1. The van der Waals surface area contributed by atoms with E-state index in [4.69, 9.17) is 14.2 Å². The Morgan fingerprint density at radius 1 is 1.07 bits per heavy atom. The van der Waals surface area contributed by atoms with Crippen molar-refractivity contribution in [3.8, 4) is 17.2 Å². The Hall–Kier alpha value is -4.01. The molecule has 154 valence electrons. The normalized spacial score (nSPS) is 10.8. The standard InChI is InChI=1S/C21H21N5O4/c1-28-17-8-14(9-18(29-2)20(17)30-3)21(27)24-15-10-22-26(12-15)13-16-11-25-7-5-4-6-19(25)23-16/h4-12H,13H2,1-3H3,(H,24,27). The van der Waals surface area contributed by atoms with Crippen molar-refractivity contribution in [3.63, 3.8) is 0 Å². The van der Waals surface area contributed by atoms with Gasteiger partial charge in [-0.15, -0.1) is 0 Å². The van der Waals surface area contributed by atoms with Crippen molar-refractivity contribution in [2.75, 3.05) is 26.6 Å². The number of fused-ring (bicyclic) bond motifs is 1. The smallest absolute Gasteiger partial charge is 0.256 e. The van der Waals surface area contributed by atoms with Gasteiger partial charge in [-0.3, -0.25) is 9.48 Å². The van der Waals surface area contributed by atoms with Crippen LogP contribution in [0.25, 0.3) is 5.65 Å². The number of methoxy groups -OCH3 is 3. The van der Waals surface area contributed by atoms with Gasteiger partial charge in [-0.1, -0.05) is 6.07 Å². The van der Waals surface area contributed by atoms with Gasteiger partial charge in [0.2, 0.25) is 5.75 Å². The molecular weight excluding hydrogens is 386 g/mol. The zero-order chi connectivity index (χ0) is 21.1. The van der Waals surface area contributed by atoms with Crippen molar-refractivity contribution in [2.45, 2.75) is 6.54 Å². The average Bonchev–Trinajstić information content (AvgIpc) is 3.38. The SMILES string of the molecule is COc1cc(C(=O)Nc2cnn(Cc3cn4ccccc4n3)c2)cc(OC)c1OC. The Kier molecular flexibility index (Phi) is 5.25. The molecule has 4 rings (SSSR count). The quantitative estimate of drug-likeness (QED) is 0.507. The molecule has 9 nitrogen and oxygen atoms in total. The largest absolute Gasteiger partial charge is 0.493 e. The van der Waals surface area contributed by atoms with Gasteiger partial charge in [0.1, 0.15) is 5.65 Å². The third kappa shape index (κ3) is 3.77. The van der Waals surface area contributed by atoms with E-state index in [-0.39, 0.29) is 5.91 Å². The van der Waals surface area contributed by atoms with Gasteiger partial charge in [0.15, 0.2) is 11.5 Å². The summed E-state index contributed by atoms with van der Waals surface area (Å²) in [6.45, 7) is 0.488. The Bertz CT molecular complexity index is 1140. The molecular formula is C21H21N5O4. The fourth-order valence-corrected chi connectivity index (χ4v) is 3.16. The van der Waals surface area contributed by atoms with Crippen LogP contribution in [0.2, 0.25) is 0 Å². The minimum absolute atomic E-state index is 0.318. The molecule has 0 bridgehead atoms. The number of pyridine rings is 1. The number of imidazole rings is 1. The van der Waals surface area contributed by atoms with E-state index in [1.54, 1.807) is 29.2 Å². The molecule has 0 saturated heterocycles. The molecule has 0 unspecified atom stereocenters. The predicted octanol–water partition coefficient (Wildman–Crippen LogP) is 2.86. The van der Waals surface area contributed by atoms with Crippen molar-refractivity contribution in [1.82, 2.24) is 19.2 Å². The first-order chi connectivity index (χ1) is 14.6. The van der Waals surface area contributed by atoms with Gasteiger partial charge in [-0.25, -0.2) is 4.98 Å². The molecule has 1 amide bonds. The Labute approximate surface area is 172 Å². The third-order valence-corrected chi connectivity index (χ3v) is 4.56. The van der Waals surface area contributed by atoms with Crippen molar-refractivity contribution in [3.05, 3.63) is 66.4 Å². The third-order valence-electron chi connectivity index (χ3n) is 4.56. The van der Waals surface area contributed by atoms with Crippen molar-refractivity contribution in [2.24, 2.45) is 0 Å². The molecule has 0 radical (unpaired) electrons. The number of nitrogens with zero attached hydrogens (tertiary/aromatic N) is 4. The highest BCUT2D eigenvalue weighted by Gasteiger charge is 2.17. The van der Waals surface area contributed by atoms with E-state index >= 15 is 0 Å². The summed E-state index contributed by atoms with van der Waals surface area (Å²) in [6.07, 6.45) is 7.23. The fourth-order valence-electron chi connectivity index (χ4n) is 3.16. The highest BCUT2D eigenvalue weighted by atomic mass is 16.5.